The highest BCUT2D eigenvalue weighted by Crippen LogP contribution is 2.22. The van der Waals surface area contributed by atoms with Crippen LogP contribution in [0.15, 0.2) is 18.2 Å². The number of benzene rings is 1. The summed E-state index contributed by atoms with van der Waals surface area (Å²) >= 11 is 0. The molecule has 1 aliphatic rings. The summed E-state index contributed by atoms with van der Waals surface area (Å²) in [4.78, 5) is 64.7. The molecular formula is C26H39N5O7. The highest BCUT2D eigenvalue weighted by atomic mass is 16.5. The van der Waals surface area contributed by atoms with E-state index in [0.717, 1.165) is 0 Å². The first-order chi connectivity index (χ1) is 18.1. The maximum Gasteiger partial charge on any atom is 0.258 e. The number of carbonyl (C=O) groups excluding carboxylic acids is 5. The number of ether oxygens (including phenoxy) is 1. The summed E-state index contributed by atoms with van der Waals surface area (Å²) in [5.41, 5.74) is 0.158. The molecule has 210 valence electrons. The van der Waals surface area contributed by atoms with Crippen LogP contribution in [0, 0.1) is 0 Å². The molecule has 4 N–H and O–H groups in total. The molecule has 0 unspecified atom stereocenters. The molecule has 1 heterocycles. The van der Waals surface area contributed by atoms with Gasteiger partial charge >= 0.3 is 0 Å². The molecule has 0 spiro atoms. The van der Waals surface area contributed by atoms with Crippen molar-refractivity contribution in [2.24, 2.45) is 0 Å². The van der Waals surface area contributed by atoms with Crippen LogP contribution in [-0.2, 0) is 19.2 Å². The summed E-state index contributed by atoms with van der Waals surface area (Å²) in [5, 5.41) is 18.0. The highest BCUT2D eigenvalue weighted by Gasteiger charge is 2.20. The van der Waals surface area contributed by atoms with E-state index >= 15 is 0 Å². The second-order valence-electron chi connectivity index (χ2n) is 9.34. The topological polar surface area (TPSA) is 157 Å². The number of phenolic OH excluding ortho intramolecular Hbond substituents is 1. The van der Waals surface area contributed by atoms with Gasteiger partial charge in [-0.15, -0.1) is 0 Å². The minimum Gasteiger partial charge on any atom is -0.508 e. The zero-order chi connectivity index (χ0) is 28.1. The van der Waals surface area contributed by atoms with Crippen molar-refractivity contribution in [3.05, 3.63) is 23.8 Å². The van der Waals surface area contributed by atoms with Gasteiger partial charge in [0.1, 0.15) is 17.5 Å². The van der Waals surface area contributed by atoms with Gasteiger partial charge in [-0.25, -0.2) is 0 Å². The predicted molar refractivity (Wildman–Crippen MR) is 140 cm³/mol. The van der Waals surface area contributed by atoms with Crippen molar-refractivity contribution in [3.63, 3.8) is 0 Å². The zero-order valence-electron chi connectivity index (χ0n) is 22.4. The van der Waals surface area contributed by atoms with Gasteiger partial charge in [-0.3, -0.25) is 24.0 Å². The fourth-order valence-electron chi connectivity index (χ4n) is 3.98. The summed E-state index contributed by atoms with van der Waals surface area (Å²) < 4.78 is 5.43. The second kappa shape index (κ2) is 15.4. The van der Waals surface area contributed by atoms with Crippen LogP contribution in [0.4, 0.5) is 0 Å². The molecule has 0 aliphatic carbocycles. The first kappa shape index (κ1) is 30.4. The Morgan fingerprint density at radius 3 is 2.55 bits per heavy atom. The minimum absolute atomic E-state index is 0.0423. The predicted octanol–water partition coefficient (Wildman–Crippen LogP) is 0.393. The molecule has 12 heteroatoms. The normalized spacial score (nSPS) is 18.6. The van der Waals surface area contributed by atoms with Crippen LogP contribution in [0.2, 0.25) is 0 Å². The van der Waals surface area contributed by atoms with Gasteiger partial charge in [0.05, 0.1) is 0 Å². The molecule has 0 saturated carbocycles. The van der Waals surface area contributed by atoms with E-state index in [2.05, 4.69) is 16.0 Å². The molecule has 0 saturated heterocycles. The number of phenols is 1. The number of likely N-dealkylation sites (N-methyl/N-ethyl adjacent to an activating group) is 1. The third-order valence-corrected chi connectivity index (χ3v) is 6.00. The molecule has 2 bridgehead atoms. The van der Waals surface area contributed by atoms with Gasteiger partial charge in [0.25, 0.3) is 11.8 Å². The maximum absolute atomic E-state index is 12.8. The number of carbonyl (C=O) groups is 5. The van der Waals surface area contributed by atoms with E-state index in [4.69, 9.17) is 4.74 Å². The van der Waals surface area contributed by atoms with Gasteiger partial charge in [0.2, 0.25) is 17.7 Å². The Bertz CT molecular complexity index is 1000. The van der Waals surface area contributed by atoms with Crippen molar-refractivity contribution in [3.8, 4) is 11.5 Å². The molecule has 0 aromatic heterocycles. The molecule has 12 nitrogen and oxygen atoms in total. The Morgan fingerprint density at radius 2 is 1.82 bits per heavy atom. The van der Waals surface area contributed by atoms with E-state index in [1.165, 1.54) is 25.1 Å². The van der Waals surface area contributed by atoms with Crippen molar-refractivity contribution < 1.29 is 33.8 Å². The molecule has 1 aliphatic heterocycles. The summed E-state index contributed by atoms with van der Waals surface area (Å²) in [7, 11) is 1.66. The Balaban J connectivity index is 2.10. The SMILES string of the molecule is CC(=O)NCCCC(=O)N1CCCCN(C)C(=O)[C@H](C)NC(=O)COc2cc(O)cc(c2)C(=O)NCCC1. The Kier molecular flexibility index (Phi) is 12.3. The highest BCUT2D eigenvalue weighted by molar-refractivity contribution is 5.95. The summed E-state index contributed by atoms with van der Waals surface area (Å²) in [6.07, 6.45) is 2.66. The molecule has 2 rings (SSSR count). The minimum atomic E-state index is -0.770. The number of fused-ring (bicyclic) bond motifs is 2. The number of nitrogens with zero attached hydrogens (tertiary/aromatic N) is 2. The lowest BCUT2D eigenvalue weighted by Crippen LogP contribution is -2.47. The summed E-state index contributed by atoms with van der Waals surface area (Å²) in [6, 6.07) is 3.21. The molecule has 5 amide bonds. The van der Waals surface area contributed by atoms with Crippen LogP contribution < -0.4 is 20.7 Å². The van der Waals surface area contributed by atoms with Gasteiger partial charge in [-0.05, 0) is 44.7 Å². The Labute approximate surface area is 223 Å². The van der Waals surface area contributed by atoms with Crippen LogP contribution in [0.25, 0.3) is 0 Å². The molecule has 0 radical (unpaired) electrons. The first-order valence-electron chi connectivity index (χ1n) is 12.9. The van der Waals surface area contributed by atoms with Gasteiger partial charge in [0.15, 0.2) is 6.61 Å². The first-order valence-corrected chi connectivity index (χ1v) is 12.9. The average Bonchev–Trinajstić information content (AvgIpc) is 2.87. The van der Waals surface area contributed by atoms with E-state index in [9.17, 15) is 29.1 Å². The van der Waals surface area contributed by atoms with Crippen molar-refractivity contribution in [1.29, 1.82) is 0 Å². The van der Waals surface area contributed by atoms with Crippen molar-refractivity contribution in [1.82, 2.24) is 25.8 Å². The van der Waals surface area contributed by atoms with Crippen LogP contribution in [0.5, 0.6) is 11.5 Å². The summed E-state index contributed by atoms with van der Waals surface area (Å²) in [5.74, 6) is -1.46. The van der Waals surface area contributed by atoms with Crippen molar-refractivity contribution in [2.45, 2.75) is 52.0 Å². The Morgan fingerprint density at radius 1 is 1.11 bits per heavy atom. The van der Waals surface area contributed by atoms with E-state index < -0.39 is 17.9 Å². The maximum atomic E-state index is 12.8. The van der Waals surface area contributed by atoms with E-state index in [0.29, 0.717) is 58.4 Å². The van der Waals surface area contributed by atoms with Gasteiger partial charge in [0, 0.05) is 64.7 Å². The lowest BCUT2D eigenvalue weighted by Gasteiger charge is -2.25. The quantitative estimate of drug-likeness (QED) is 0.408. The van der Waals surface area contributed by atoms with Crippen molar-refractivity contribution in [2.75, 3.05) is 46.4 Å². The fraction of sp³-hybridized carbons (Fsp3) is 0.577. The second-order valence-corrected chi connectivity index (χ2v) is 9.34. The van der Waals surface area contributed by atoms with Crippen LogP contribution >= 0.6 is 0 Å². The lowest BCUT2D eigenvalue weighted by atomic mass is 10.2. The van der Waals surface area contributed by atoms with Gasteiger partial charge in [-0.1, -0.05) is 0 Å². The third-order valence-electron chi connectivity index (χ3n) is 6.00. The van der Waals surface area contributed by atoms with E-state index in [1.807, 2.05) is 0 Å². The van der Waals surface area contributed by atoms with Crippen LogP contribution in [0.1, 0.15) is 56.3 Å². The number of hydrogen-bond donors (Lipinski definition) is 4. The molecule has 38 heavy (non-hydrogen) atoms. The van der Waals surface area contributed by atoms with Crippen LogP contribution in [0.3, 0.4) is 0 Å². The Hall–Kier alpha value is -3.83. The molecular weight excluding hydrogens is 494 g/mol. The van der Waals surface area contributed by atoms with Gasteiger partial charge < -0.3 is 35.6 Å². The van der Waals surface area contributed by atoms with Gasteiger partial charge in [-0.2, -0.15) is 0 Å². The number of nitrogens with one attached hydrogen (secondary N) is 3. The fourth-order valence-corrected chi connectivity index (χ4v) is 3.98. The smallest absolute Gasteiger partial charge is 0.258 e. The van der Waals surface area contributed by atoms with E-state index in [-0.39, 0.29) is 47.8 Å². The van der Waals surface area contributed by atoms with E-state index in [1.54, 1.807) is 23.8 Å². The van der Waals surface area contributed by atoms with Crippen LogP contribution in [-0.4, -0.2) is 96.9 Å². The lowest BCUT2D eigenvalue weighted by molar-refractivity contribution is -0.135. The number of hydrogen-bond acceptors (Lipinski definition) is 7. The average molecular weight is 534 g/mol. The number of amides is 5. The summed E-state index contributed by atoms with van der Waals surface area (Å²) in [6.45, 7) is 4.74. The third kappa shape index (κ3) is 10.7. The molecule has 1 atom stereocenters. The van der Waals surface area contributed by atoms with Crippen molar-refractivity contribution >= 4 is 29.5 Å². The molecule has 1 aromatic carbocycles. The molecule has 1 aromatic rings. The number of rotatable bonds is 4. The monoisotopic (exact) mass is 533 g/mol. The number of aromatic hydroxyl groups is 1. The molecule has 0 fully saturated rings. The largest absolute Gasteiger partial charge is 0.508 e. The zero-order valence-corrected chi connectivity index (χ0v) is 22.4. The standard InChI is InChI=1S/C26H39N5O7/c1-18-26(37)30(3)11-4-5-12-31(24(35)8-6-9-27-19(2)32)13-7-10-28-25(36)20-14-21(33)16-22(15-20)38-17-23(34)29-18/h14-16,18,33H,4-13,17H2,1-3H3,(H,27,32)(H,28,36)(H,29,34)/t18-/m0/s1.